The number of benzene rings is 3. The van der Waals surface area contributed by atoms with Crippen molar-refractivity contribution in [2.75, 3.05) is 12.4 Å². The van der Waals surface area contributed by atoms with Crippen molar-refractivity contribution in [3.05, 3.63) is 42.0 Å². The highest BCUT2D eigenvalue weighted by Gasteiger charge is 2.24. The van der Waals surface area contributed by atoms with Crippen LogP contribution in [0.15, 0.2) is 36.4 Å². The molecule has 1 aliphatic rings. The lowest BCUT2D eigenvalue weighted by Crippen LogP contribution is -2.04. The maximum atomic E-state index is 12.0. The van der Waals surface area contributed by atoms with Gasteiger partial charge in [0, 0.05) is 5.39 Å². The number of aromatic hydroxyl groups is 1. The fourth-order valence-electron chi connectivity index (χ4n) is 2.83. The molecule has 2 N–H and O–H groups in total. The van der Waals surface area contributed by atoms with Crippen molar-refractivity contribution >= 4 is 33.1 Å². The van der Waals surface area contributed by atoms with Crippen molar-refractivity contribution in [1.29, 1.82) is 0 Å². The number of phenolic OH excluding ortho intramolecular Hbond substituents is 1. The quantitative estimate of drug-likeness (QED) is 0.664. The molecule has 4 rings (SSSR count). The fraction of sp³-hybridized carbons (Fsp3) is 0.0625. The summed E-state index contributed by atoms with van der Waals surface area (Å²) in [5.74, 6) is 0.712. The van der Waals surface area contributed by atoms with Crippen LogP contribution in [-0.2, 0) is 0 Å². The van der Waals surface area contributed by atoms with E-state index in [1.54, 1.807) is 25.3 Å². The van der Waals surface area contributed by atoms with Gasteiger partial charge in [-0.2, -0.15) is 0 Å². The number of nitrogens with one attached hydrogen (secondary N) is 1. The smallest absolute Gasteiger partial charge is 0.256 e. The minimum absolute atomic E-state index is 0.122. The Balaban J connectivity index is 2.27. The number of amides is 1. The van der Waals surface area contributed by atoms with Crippen molar-refractivity contribution in [3.63, 3.8) is 0 Å². The molecule has 0 aliphatic carbocycles. The predicted octanol–water partition coefficient (Wildman–Crippen LogP) is 3.27. The van der Waals surface area contributed by atoms with E-state index in [2.05, 4.69) is 5.32 Å². The average Bonchev–Trinajstić information content (AvgIpc) is 2.77. The minimum Gasteiger partial charge on any atom is -0.508 e. The topological polar surface area (TPSA) is 58.6 Å². The van der Waals surface area contributed by atoms with Crippen LogP contribution in [0, 0.1) is 0 Å². The van der Waals surface area contributed by atoms with Crippen molar-refractivity contribution in [2.45, 2.75) is 0 Å². The van der Waals surface area contributed by atoms with Crippen LogP contribution in [0.1, 0.15) is 10.4 Å². The number of methoxy groups -OCH3 is 1. The molecule has 0 saturated heterocycles. The molecule has 4 nitrogen and oxygen atoms in total. The highest BCUT2D eigenvalue weighted by Crippen LogP contribution is 2.41. The number of carbonyl (C=O) groups is 1. The molecule has 0 spiro atoms. The molecule has 98 valence electrons. The van der Waals surface area contributed by atoms with Gasteiger partial charge in [-0.25, -0.2) is 0 Å². The number of phenols is 1. The molecule has 1 heterocycles. The highest BCUT2D eigenvalue weighted by molar-refractivity contribution is 6.29. The molecule has 0 bridgehead atoms. The van der Waals surface area contributed by atoms with Crippen molar-refractivity contribution in [2.24, 2.45) is 0 Å². The molecule has 1 aliphatic heterocycles. The van der Waals surface area contributed by atoms with E-state index in [0.717, 1.165) is 27.2 Å². The largest absolute Gasteiger partial charge is 0.508 e. The van der Waals surface area contributed by atoms with Gasteiger partial charge in [0.2, 0.25) is 0 Å². The second-order valence-electron chi connectivity index (χ2n) is 4.88. The van der Waals surface area contributed by atoms with Crippen LogP contribution in [-0.4, -0.2) is 18.1 Å². The summed E-state index contributed by atoms with van der Waals surface area (Å²) < 4.78 is 5.27. The van der Waals surface area contributed by atoms with Gasteiger partial charge in [-0.3, -0.25) is 4.79 Å². The Labute approximate surface area is 114 Å². The van der Waals surface area contributed by atoms with Gasteiger partial charge >= 0.3 is 0 Å². The second kappa shape index (κ2) is 3.63. The summed E-state index contributed by atoms with van der Waals surface area (Å²) in [4.78, 5) is 12.0. The number of hydrogen-bond donors (Lipinski definition) is 2. The summed E-state index contributed by atoms with van der Waals surface area (Å²) in [6, 6.07) is 10.7. The van der Waals surface area contributed by atoms with Crippen molar-refractivity contribution in [3.8, 4) is 11.5 Å². The lowest BCUT2D eigenvalue weighted by molar-refractivity contribution is 0.103. The minimum atomic E-state index is -0.122. The molecule has 0 fully saturated rings. The van der Waals surface area contributed by atoms with Crippen LogP contribution in [0.2, 0.25) is 0 Å². The SMILES string of the molecule is COc1cc2c3c(cc4ccc(O)cc4c3c1)NC2=O. The van der Waals surface area contributed by atoms with Crippen LogP contribution < -0.4 is 10.1 Å². The Morgan fingerprint density at radius 2 is 1.95 bits per heavy atom. The first-order chi connectivity index (χ1) is 9.67. The van der Waals surface area contributed by atoms with Gasteiger partial charge in [0.1, 0.15) is 11.5 Å². The van der Waals surface area contributed by atoms with Gasteiger partial charge in [0.25, 0.3) is 5.91 Å². The van der Waals surface area contributed by atoms with Crippen LogP contribution in [0.3, 0.4) is 0 Å². The molecule has 3 aromatic carbocycles. The van der Waals surface area contributed by atoms with E-state index in [9.17, 15) is 9.90 Å². The maximum Gasteiger partial charge on any atom is 0.256 e. The zero-order valence-corrected chi connectivity index (χ0v) is 10.7. The highest BCUT2D eigenvalue weighted by atomic mass is 16.5. The van der Waals surface area contributed by atoms with Crippen molar-refractivity contribution in [1.82, 2.24) is 0 Å². The summed E-state index contributed by atoms with van der Waals surface area (Å²) in [5, 5.41) is 16.2. The Kier molecular flexibility index (Phi) is 2.02. The summed E-state index contributed by atoms with van der Waals surface area (Å²) in [6.07, 6.45) is 0. The Morgan fingerprint density at radius 3 is 2.75 bits per heavy atom. The average molecular weight is 265 g/mol. The summed E-state index contributed by atoms with van der Waals surface area (Å²) >= 11 is 0. The zero-order valence-electron chi connectivity index (χ0n) is 10.7. The molecule has 0 unspecified atom stereocenters. The first-order valence-electron chi connectivity index (χ1n) is 6.26. The van der Waals surface area contributed by atoms with Gasteiger partial charge in [0.15, 0.2) is 0 Å². The van der Waals surface area contributed by atoms with Gasteiger partial charge in [-0.05, 0) is 46.5 Å². The molecular weight excluding hydrogens is 254 g/mol. The second-order valence-corrected chi connectivity index (χ2v) is 4.88. The first-order valence-corrected chi connectivity index (χ1v) is 6.26. The summed E-state index contributed by atoms with van der Waals surface area (Å²) in [5.41, 5.74) is 1.42. The maximum absolute atomic E-state index is 12.0. The standard InChI is InChI=1S/C16H11NO3/c1-20-10-6-12-11-5-9(18)3-2-8(11)4-14-15(12)13(7-10)16(19)17-14/h2-7,18H,1H3,(H,17,19). The van der Waals surface area contributed by atoms with E-state index < -0.39 is 0 Å². The molecule has 4 heteroatoms. The molecule has 0 aromatic heterocycles. The van der Waals surface area contributed by atoms with Gasteiger partial charge in [-0.15, -0.1) is 0 Å². The Bertz CT molecular complexity index is 899. The zero-order chi connectivity index (χ0) is 13.9. The van der Waals surface area contributed by atoms with Crippen LogP contribution >= 0.6 is 0 Å². The lowest BCUT2D eigenvalue weighted by Gasteiger charge is -2.08. The van der Waals surface area contributed by atoms with E-state index >= 15 is 0 Å². The van der Waals surface area contributed by atoms with Gasteiger partial charge in [0.05, 0.1) is 18.4 Å². The number of rotatable bonds is 1. The molecule has 20 heavy (non-hydrogen) atoms. The first kappa shape index (κ1) is 11.1. The fourth-order valence-corrected chi connectivity index (χ4v) is 2.83. The van der Waals surface area contributed by atoms with Gasteiger partial charge in [-0.1, -0.05) is 6.07 Å². The third-order valence-corrected chi connectivity index (χ3v) is 3.74. The molecule has 3 aromatic rings. The van der Waals surface area contributed by atoms with Crippen LogP contribution in [0.5, 0.6) is 11.5 Å². The Morgan fingerprint density at radius 1 is 1.10 bits per heavy atom. The van der Waals surface area contributed by atoms with Crippen molar-refractivity contribution < 1.29 is 14.6 Å². The third-order valence-electron chi connectivity index (χ3n) is 3.74. The molecule has 0 atom stereocenters. The normalized spacial score (nSPS) is 12.9. The lowest BCUT2D eigenvalue weighted by atomic mass is 9.98. The van der Waals surface area contributed by atoms with E-state index in [1.807, 2.05) is 18.2 Å². The molecule has 0 saturated carbocycles. The van der Waals surface area contributed by atoms with Gasteiger partial charge < -0.3 is 15.2 Å². The monoisotopic (exact) mass is 265 g/mol. The van der Waals surface area contributed by atoms with Crippen LogP contribution in [0.25, 0.3) is 21.5 Å². The predicted molar refractivity (Wildman–Crippen MR) is 77.6 cm³/mol. The van der Waals surface area contributed by atoms with E-state index in [-0.39, 0.29) is 11.7 Å². The van der Waals surface area contributed by atoms with E-state index in [0.29, 0.717) is 11.3 Å². The summed E-state index contributed by atoms with van der Waals surface area (Å²) in [7, 11) is 1.57. The summed E-state index contributed by atoms with van der Waals surface area (Å²) in [6.45, 7) is 0. The molecule has 0 radical (unpaired) electrons. The molecule has 1 amide bonds. The number of ether oxygens (including phenoxy) is 1. The van der Waals surface area contributed by atoms with E-state index in [1.165, 1.54) is 0 Å². The van der Waals surface area contributed by atoms with Crippen LogP contribution in [0.4, 0.5) is 5.69 Å². The number of carbonyl (C=O) groups excluding carboxylic acids is 1. The Hall–Kier alpha value is -2.75. The number of hydrogen-bond acceptors (Lipinski definition) is 3. The number of anilines is 1. The van der Waals surface area contributed by atoms with E-state index in [4.69, 9.17) is 4.74 Å². The molecular formula is C16H11NO3. The number of fused-ring (bicyclic) bond motifs is 2. The third kappa shape index (κ3) is 1.33.